The molecule has 2 heteroatoms. The van der Waals surface area contributed by atoms with Crippen LogP contribution in [0.4, 0.5) is 0 Å². The Morgan fingerprint density at radius 2 is 1.93 bits per heavy atom. The fourth-order valence-electron chi connectivity index (χ4n) is 1.92. The molecule has 86 valence electrons. The molecule has 1 aliphatic rings. The van der Waals surface area contributed by atoms with E-state index in [2.05, 4.69) is 26.5 Å². The summed E-state index contributed by atoms with van der Waals surface area (Å²) < 4.78 is 11.7. The minimum Gasteiger partial charge on any atom is -0.344 e. The van der Waals surface area contributed by atoms with Gasteiger partial charge in [-0.05, 0) is 41.0 Å². The van der Waals surface area contributed by atoms with Gasteiger partial charge in [0.1, 0.15) is 0 Å². The molecule has 1 atom stereocenters. The molecule has 1 rings (SSSR count). The van der Waals surface area contributed by atoms with E-state index in [-0.39, 0.29) is 11.7 Å². The lowest BCUT2D eigenvalue weighted by atomic mass is 9.98. The van der Waals surface area contributed by atoms with Crippen LogP contribution in [-0.4, -0.2) is 17.5 Å². The predicted molar refractivity (Wildman–Crippen MR) is 62.7 cm³/mol. The highest BCUT2D eigenvalue weighted by atomic mass is 16.8. The maximum absolute atomic E-state index is 5.86. The molecule has 0 amide bonds. The monoisotopic (exact) mass is 210 g/mol. The molecular formula is C13H22O2. The molecule has 1 aliphatic heterocycles. The molecule has 0 radical (unpaired) electrons. The van der Waals surface area contributed by atoms with Gasteiger partial charge in [0.15, 0.2) is 5.79 Å². The molecule has 0 saturated carbocycles. The van der Waals surface area contributed by atoms with Crippen LogP contribution in [0.5, 0.6) is 0 Å². The van der Waals surface area contributed by atoms with Crippen LogP contribution < -0.4 is 0 Å². The van der Waals surface area contributed by atoms with Crippen LogP contribution in [0.2, 0.25) is 0 Å². The second kappa shape index (κ2) is 4.11. The van der Waals surface area contributed by atoms with E-state index in [0.717, 1.165) is 6.42 Å². The molecule has 15 heavy (non-hydrogen) atoms. The number of ether oxygens (including phenoxy) is 2. The second-order valence-electron chi connectivity index (χ2n) is 5.10. The fourth-order valence-corrected chi connectivity index (χ4v) is 1.92. The quantitative estimate of drug-likeness (QED) is 0.664. The first kappa shape index (κ1) is 12.5. The first-order valence-corrected chi connectivity index (χ1v) is 5.44. The lowest BCUT2D eigenvalue weighted by Crippen LogP contribution is -2.32. The van der Waals surface area contributed by atoms with Gasteiger partial charge in [-0.25, -0.2) is 0 Å². The van der Waals surface area contributed by atoms with Gasteiger partial charge in [-0.2, -0.15) is 0 Å². The smallest absolute Gasteiger partial charge is 0.164 e. The van der Waals surface area contributed by atoms with E-state index in [1.807, 2.05) is 26.8 Å². The molecule has 0 aromatic carbocycles. The summed E-state index contributed by atoms with van der Waals surface area (Å²) in [5.74, 6) is -0.468. The SMILES string of the molecule is C=C/C(C)=C\C[C@H]1OC(C)(C)OC1(C)C. The van der Waals surface area contributed by atoms with Crippen LogP contribution in [0.1, 0.15) is 41.0 Å². The van der Waals surface area contributed by atoms with Crippen LogP contribution >= 0.6 is 0 Å². The van der Waals surface area contributed by atoms with Crippen LogP contribution in [0, 0.1) is 0 Å². The Kier molecular flexibility index (Phi) is 3.41. The molecule has 1 saturated heterocycles. The number of allylic oxidation sites excluding steroid dienone is 2. The molecule has 0 aromatic heterocycles. The zero-order chi connectivity index (χ0) is 11.7. The van der Waals surface area contributed by atoms with E-state index in [1.54, 1.807) is 0 Å². The topological polar surface area (TPSA) is 18.5 Å². The predicted octanol–water partition coefficient (Wildman–Crippen LogP) is 3.44. The molecule has 0 unspecified atom stereocenters. The van der Waals surface area contributed by atoms with Crippen molar-refractivity contribution in [1.29, 1.82) is 0 Å². The van der Waals surface area contributed by atoms with E-state index >= 15 is 0 Å². The summed E-state index contributed by atoms with van der Waals surface area (Å²) in [6.07, 6.45) is 4.98. The molecule has 1 fully saturated rings. The molecule has 0 aromatic rings. The zero-order valence-electron chi connectivity index (χ0n) is 10.5. The Bertz CT molecular complexity index is 274. The number of rotatable bonds is 3. The van der Waals surface area contributed by atoms with Crippen molar-refractivity contribution in [2.45, 2.75) is 58.5 Å². The minimum absolute atomic E-state index is 0.113. The normalized spacial score (nSPS) is 29.1. The minimum atomic E-state index is -0.468. The largest absolute Gasteiger partial charge is 0.344 e. The van der Waals surface area contributed by atoms with Crippen molar-refractivity contribution < 1.29 is 9.47 Å². The van der Waals surface area contributed by atoms with E-state index < -0.39 is 5.79 Å². The average Bonchev–Trinajstić information content (AvgIpc) is 2.29. The van der Waals surface area contributed by atoms with Gasteiger partial charge in [0.25, 0.3) is 0 Å². The Hall–Kier alpha value is -0.600. The lowest BCUT2D eigenvalue weighted by Gasteiger charge is -2.23. The van der Waals surface area contributed by atoms with E-state index in [9.17, 15) is 0 Å². The highest BCUT2D eigenvalue weighted by Crippen LogP contribution is 2.37. The summed E-state index contributed by atoms with van der Waals surface area (Å²) in [7, 11) is 0. The molecule has 1 heterocycles. The summed E-state index contributed by atoms with van der Waals surface area (Å²) >= 11 is 0. The Morgan fingerprint density at radius 3 is 2.33 bits per heavy atom. The van der Waals surface area contributed by atoms with Gasteiger partial charge in [-0.3, -0.25) is 0 Å². The zero-order valence-corrected chi connectivity index (χ0v) is 10.5. The maximum Gasteiger partial charge on any atom is 0.164 e. The Morgan fingerprint density at radius 1 is 1.33 bits per heavy atom. The third-order valence-corrected chi connectivity index (χ3v) is 2.69. The van der Waals surface area contributed by atoms with Gasteiger partial charge >= 0.3 is 0 Å². The summed E-state index contributed by atoms with van der Waals surface area (Å²) in [6.45, 7) is 13.8. The Labute approximate surface area is 93.0 Å². The third kappa shape index (κ3) is 3.18. The molecular weight excluding hydrogens is 188 g/mol. The van der Waals surface area contributed by atoms with Gasteiger partial charge in [-0.15, -0.1) is 0 Å². The number of hydrogen-bond donors (Lipinski definition) is 0. The summed E-state index contributed by atoms with van der Waals surface area (Å²) in [6, 6.07) is 0. The van der Waals surface area contributed by atoms with Crippen LogP contribution in [0.15, 0.2) is 24.3 Å². The van der Waals surface area contributed by atoms with E-state index in [0.29, 0.717) is 0 Å². The molecule has 0 N–H and O–H groups in total. The van der Waals surface area contributed by atoms with Crippen molar-refractivity contribution in [3.05, 3.63) is 24.3 Å². The lowest BCUT2D eigenvalue weighted by molar-refractivity contribution is -0.157. The first-order valence-electron chi connectivity index (χ1n) is 5.44. The van der Waals surface area contributed by atoms with Gasteiger partial charge in [0.05, 0.1) is 11.7 Å². The second-order valence-corrected chi connectivity index (χ2v) is 5.10. The summed E-state index contributed by atoms with van der Waals surface area (Å²) in [5.41, 5.74) is 0.959. The molecule has 0 aliphatic carbocycles. The highest BCUT2D eigenvalue weighted by molar-refractivity contribution is 5.13. The van der Waals surface area contributed by atoms with Crippen molar-refractivity contribution in [2.75, 3.05) is 0 Å². The van der Waals surface area contributed by atoms with Gasteiger partial charge in [0, 0.05) is 0 Å². The van der Waals surface area contributed by atoms with E-state index in [4.69, 9.17) is 9.47 Å². The molecule has 2 nitrogen and oxygen atoms in total. The standard InChI is InChI=1S/C13H22O2/c1-7-10(2)8-9-11-12(3,4)15-13(5,6)14-11/h7-8,11H,1,9H2,2-6H3/b10-8-/t11-/m1/s1. The number of hydrogen-bond acceptors (Lipinski definition) is 2. The van der Waals surface area contributed by atoms with Crippen molar-refractivity contribution in [2.24, 2.45) is 0 Å². The average molecular weight is 210 g/mol. The molecule has 0 bridgehead atoms. The summed E-state index contributed by atoms with van der Waals surface area (Å²) in [4.78, 5) is 0. The van der Waals surface area contributed by atoms with Crippen molar-refractivity contribution in [3.63, 3.8) is 0 Å². The van der Waals surface area contributed by atoms with Crippen molar-refractivity contribution in [1.82, 2.24) is 0 Å². The van der Waals surface area contributed by atoms with Gasteiger partial charge < -0.3 is 9.47 Å². The maximum atomic E-state index is 5.86. The molecule has 0 spiro atoms. The highest BCUT2D eigenvalue weighted by Gasteiger charge is 2.46. The fraction of sp³-hybridized carbons (Fsp3) is 0.692. The van der Waals surface area contributed by atoms with E-state index in [1.165, 1.54) is 5.57 Å². The van der Waals surface area contributed by atoms with Crippen LogP contribution in [0.25, 0.3) is 0 Å². The summed E-state index contributed by atoms with van der Waals surface area (Å²) in [5, 5.41) is 0. The van der Waals surface area contributed by atoms with Crippen molar-refractivity contribution >= 4 is 0 Å². The van der Waals surface area contributed by atoms with Crippen LogP contribution in [-0.2, 0) is 9.47 Å². The first-order chi connectivity index (χ1) is 6.77. The van der Waals surface area contributed by atoms with Crippen molar-refractivity contribution in [3.8, 4) is 0 Å². The van der Waals surface area contributed by atoms with Crippen LogP contribution in [0.3, 0.4) is 0 Å². The third-order valence-electron chi connectivity index (χ3n) is 2.69. The Balaban J connectivity index is 2.67. The van der Waals surface area contributed by atoms with Gasteiger partial charge in [0.2, 0.25) is 0 Å². The van der Waals surface area contributed by atoms with Gasteiger partial charge in [-0.1, -0.05) is 24.3 Å².